The molecule has 0 aliphatic carbocycles. The minimum Gasteiger partial charge on any atom is -0.481 e. The Labute approximate surface area is 87.2 Å². The highest BCUT2D eigenvalue weighted by Crippen LogP contribution is 2.16. The quantitative estimate of drug-likeness (QED) is 0.765. The summed E-state index contributed by atoms with van der Waals surface area (Å²) in [5, 5.41) is 12.2. The fourth-order valence-electron chi connectivity index (χ4n) is 1.17. The predicted molar refractivity (Wildman–Crippen MR) is 50.3 cm³/mol. The lowest BCUT2D eigenvalue weighted by Crippen LogP contribution is -2.02. The standard InChI is InChI=1S/C9H14N2O4/c1-3-6(14-2)9-10-7(15-11-9)4-5-8(12)13/h6H,3-5H2,1-2H3,(H,12,13). The monoisotopic (exact) mass is 214 g/mol. The van der Waals surface area contributed by atoms with E-state index in [2.05, 4.69) is 10.1 Å². The molecule has 0 spiro atoms. The number of rotatable bonds is 6. The van der Waals surface area contributed by atoms with Gasteiger partial charge >= 0.3 is 5.97 Å². The number of nitrogens with zero attached hydrogens (tertiary/aromatic N) is 2. The van der Waals surface area contributed by atoms with Gasteiger partial charge in [0, 0.05) is 13.5 Å². The van der Waals surface area contributed by atoms with E-state index in [-0.39, 0.29) is 18.9 Å². The Hall–Kier alpha value is -1.43. The Bertz CT molecular complexity index is 320. The SMILES string of the molecule is CCC(OC)c1noc(CCC(=O)O)n1. The van der Waals surface area contributed by atoms with E-state index in [0.717, 1.165) is 6.42 Å². The summed E-state index contributed by atoms with van der Waals surface area (Å²) in [5.41, 5.74) is 0. The lowest BCUT2D eigenvalue weighted by molar-refractivity contribution is -0.137. The molecule has 0 aromatic carbocycles. The highest BCUT2D eigenvalue weighted by molar-refractivity contribution is 5.66. The Morgan fingerprint density at radius 3 is 2.93 bits per heavy atom. The summed E-state index contributed by atoms with van der Waals surface area (Å²) in [6, 6.07) is 0. The van der Waals surface area contributed by atoms with Crippen LogP contribution in [0.2, 0.25) is 0 Å². The summed E-state index contributed by atoms with van der Waals surface area (Å²) in [6.45, 7) is 1.95. The highest BCUT2D eigenvalue weighted by Gasteiger charge is 2.16. The van der Waals surface area contributed by atoms with Gasteiger partial charge in [0.25, 0.3) is 0 Å². The summed E-state index contributed by atoms with van der Waals surface area (Å²) in [4.78, 5) is 14.4. The third kappa shape index (κ3) is 3.32. The third-order valence-corrected chi connectivity index (χ3v) is 1.98. The maximum atomic E-state index is 10.3. The lowest BCUT2D eigenvalue weighted by atomic mass is 10.2. The summed E-state index contributed by atoms with van der Waals surface area (Å²) in [6.07, 6.45) is 0.801. The van der Waals surface area contributed by atoms with Crippen LogP contribution in [-0.4, -0.2) is 28.3 Å². The van der Waals surface area contributed by atoms with Gasteiger partial charge in [-0.1, -0.05) is 12.1 Å². The number of carboxylic acids is 1. The van der Waals surface area contributed by atoms with Gasteiger partial charge in [0.05, 0.1) is 6.42 Å². The van der Waals surface area contributed by atoms with Gasteiger partial charge in [-0.25, -0.2) is 0 Å². The number of aromatic nitrogens is 2. The molecule has 0 amide bonds. The number of methoxy groups -OCH3 is 1. The van der Waals surface area contributed by atoms with E-state index in [9.17, 15) is 4.79 Å². The highest BCUT2D eigenvalue weighted by atomic mass is 16.5. The second-order valence-electron chi connectivity index (χ2n) is 3.07. The van der Waals surface area contributed by atoms with Crippen molar-refractivity contribution in [1.29, 1.82) is 0 Å². The third-order valence-electron chi connectivity index (χ3n) is 1.98. The Kier molecular flexibility index (Phi) is 4.23. The molecule has 0 fully saturated rings. The molecule has 1 atom stereocenters. The van der Waals surface area contributed by atoms with Crippen LogP contribution in [0.15, 0.2) is 4.52 Å². The van der Waals surface area contributed by atoms with Gasteiger partial charge in [0.15, 0.2) is 0 Å². The molecule has 84 valence electrons. The van der Waals surface area contributed by atoms with Crippen molar-refractivity contribution in [2.24, 2.45) is 0 Å². The van der Waals surface area contributed by atoms with Crippen molar-refractivity contribution in [2.45, 2.75) is 32.3 Å². The Morgan fingerprint density at radius 1 is 1.67 bits per heavy atom. The summed E-state index contributed by atoms with van der Waals surface area (Å²) < 4.78 is 10.0. The second kappa shape index (κ2) is 5.45. The van der Waals surface area contributed by atoms with E-state index in [1.807, 2.05) is 6.92 Å². The van der Waals surface area contributed by atoms with Crippen LogP contribution in [0.4, 0.5) is 0 Å². The number of carbonyl (C=O) groups is 1. The van der Waals surface area contributed by atoms with Crippen molar-refractivity contribution < 1.29 is 19.2 Å². The van der Waals surface area contributed by atoms with Gasteiger partial charge in [-0.15, -0.1) is 0 Å². The van der Waals surface area contributed by atoms with E-state index in [1.54, 1.807) is 7.11 Å². The smallest absolute Gasteiger partial charge is 0.303 e. The van der Waals surface area contributed by atoms with Crippen molar-refractivity contribution in [3.63, 3.8) is 0 Å². The summed E-state index contributed by atoms with van der Waals surface area (Å²) in [7, 11) is 1.57. The first kappa shape index (κ1) is 11.6. The van der Waals surface area contributed by atoms with E-state index < -0.39 is 5.97 Å². The molecule has 0 aliphatic rings. The molecule has 1 aromatic heterocycles. The molecule has 0 saturated heterocycles. The second-order valence-corrected chi connectivity index (χ2v) is 3.07. The molecule has 15 heavy (non-hydrogen) atoms. The van der Waals surface area contributed by atoms with Gasteiger partial charge in [-0.3, -0.25) is 4.79 Å². The van der Waals surface area contributed by atoms with Crippen molar-refractivity contribution in [1.82, 2.24) is 10.1 Å². The van der Waals surface area contributed by atoms with Gasteiger partial charge in [0.2, 0.25) is 11.7 Å². The summed E-state index contributed by atoms with van der Waals surface area (Å²) >= 11 is 0. The first-order valence-electron chi connectivity index (χ1n) is 4.74. The fourth-order valence-corrected chi connectivity index (χ4v) is 1.17. The zero-order valence-electron chi connectivity index (χ0n) is 8.77. The number of carboxylic acid groups (broad SMARTS) is 1. The number of ether oxygens (including phenoxy) is 1. The van der Waals surface area contributed by atoms with Crippen molar-refractivity contribution >= 4 is 5.97 Å². The van der Waals surface area contributed by atoms with Gasteiger partial charge in [-0.2, -0.15) is 4.98 Å². The molecule has 0 aliphatic heterocycles. The van der Waals surface area contributed by atoms with Crippen LogP contribution in [-0.2, 0) is 16.0 Å². The molecular weight excluding hydrogens is 200 g/mol. The molecule has 1 aromatic rings. The molecule has 6 nitrogen and oxygen atoms in total. The molecule has 0 saturated carbocycles. The zero-order valence-corrected chi connectivity index (χ0v) is 8.77. The maximum absolute atomic E-state index is 10.3. The maximum Gasteiger partial charge on any atom is 0.303 e. The predicted octanol–water partition coefficient (Wildman–Crippen LogP) is 1.18. The molecule has 0 radical (unpaired) electrons. The van der Waals surface area contributed by atoms with E-state index in [4.69, 9.17) is 14.4 Å². The molecule has 6 heteroatoms. The molecular formula is C9H14N2O4. The average Bonchev–Trinajstić information content (AvgIpc) is 2.65. The van der Waals surface area contributed by atoms with Crippen LogP contribution in [0.25, 0.3) is 0 Å². The average molecular weight is 214 g/mol. The molecule has 1 N–H and O–H groups in total. The van der Waals surface area contributed by atoms with E-state index >= 15 is 0 Å². The van der Waals surface area contributed by atoms with Crippen LogP contribution in [0.1, 0.15) is 37.6 Å². The molecule has 0 bridgehead atoms. The topological polar surface area (TPSA) is 85.5 Å². The van der Waals surface area contributed by atoms with Crippen LogP contribution >= 0.6 is 0 Å². The van der Waals surface area contributed by atoms with Gasteiger partial charge in [0.1, 0.15) is 6.10 Å². The van der Waals surface area contributed by atoms with Crippen molar-refractivity contribution in [3.8, 4) is 0 Å². The van der Waals surface area contributed by atoms with Crippen LogP contribution < -0.4 is 0 Å². The molecule has 1 heterocycles. The van der Waals surface area contributed by atoms with E-state index in [1.165, 1.54) is 0 Å². The normalized spacial score (nSPS) is 12.7. The molecule has 1 rings (SSSR count). The number of aryl methyl sites for hydroxylation is 1. The first-order valence-corrected chi connectivity index (χ1v) is 4.74. The van der Waals surface area contributed by atoms with Crippen LogP contribution in [0.5, 0.6) is 0 Å². The van der Waals surface area contributed by atoms with E-state index in [0.29, 0.717) is 11.7 Å². The lowest BCUT2D eigenvalue weighted by Gasteiger charge is -2.05. The fraction of sp³-hybridized carbons (Fsp3) is 0.667. The van der Waals surface area contributed by atoms with Crippen molar-refractivity contribution in [3.05, 3.63) is 11.7 Å². The minimum atomic E-state index is -0.881. The number of hydrogen-bond donors (Lipinski definition) is 1. The minimum absolute atomic E-state index is 0.00852. The number of aliphatic carboxylic acids is 1. The summed E-state index contributed by atoms with van der Waals surface area (Å²) in [5.74, 6) is -0.0724. The first-order chi connectivity index (χ1) is 7.17. The molecule has 1 unspecified atom stereocenters. The van der Waals surface area contributed by atoms with Crippen LogP contribution in [0.3, 0.4) is 0 Å². The Balaban J connectivity index is 2.59. The zero-order chi connectivity index (χ0) is 11.3. The van der Waals surface area contributed by atoms with Gasteiger partial charge < -0.3 is 14.4 Å². The number of hydrogen-bond acceptors (Lipinski definition) is 5. The van der Waals surface area contributed by atoms with Crippen LogP contribution in [0, 0.1) is 0 Å². The van der Waals surface area contributed by atoms with Crippen molar-refractivity contribution in [2.75, 3.05) is 7.11 Å². The largest absolute Gasteiger partial charge is 0.481 e. The van der Waals surface area contributed by atoms with Gasteiger partial charge in [-0.05, 0) is 6.42 Å². The Morgan fingerprint density at radius 2 is 2.40 bits per heavy atom.